The Hall–Kier alpha value is -2.74. The predicted octanol–water partition coefficient (Wildman–Crippen LogP) is 4.77. The number of aryl methyl sites for hydroxylation is 1. The summed E-state index contributed by atoms with van der Waals surface area (Å²) in [7, 11) is 0. The summed E-state index contributed by atoms with van der Waals surface area (Å²) in [5.41, 5.74) is 0.196. The third kappa shape index (κ3) is 5.66. The van der Waals surface area contributed by atoms with Crippen molar-refractivity contribution in [1.82, 2.24) is 0 Å². The van der Waals surface area contributed by atoms with Crippen LogP contribution in [-0.4, -0.2) is 22.7 Å². The van der Waals surface area contributed by atoms with E-state index in [9.17, 15) is 27.9 Å². The maximum atomic E-state index is 12.2. The van der Waals surface area contributed by atoms with Gasteiger partial charge in [0.15, 0.2) is 0 Å². The first-order chi connectivity index (χ1) is 12.2. The van der Waals surface area contributed by atoms with Crippen molar-refractivity contribution in [2.75, 3.05) is 0 Å². The van der Waals surface area contributed by atoms with Gasteiger partial charge in [0, 0.05) is 6.42 Å². The highest BCUT2D eigenvalue weighted by atomic mass is 35.5. The van der Waals surface area contributed by atoms with E-state index in [1.54, 1.807) is 0 Å². The van der Waals surface area contributed by atoms with E-state index in [0.717, 1.165) is 12.1 Å². The molecule has 2 aromatic carbocycles. The zero-order valence-corrected chi connectivity index (χ0v) is 13.8. The van der Waals surface area contributed by atoms with Crippen molar-refractivity contribution < 1.29 is 37.3 Å². The van der Waals surface area contributed by atoms with E-state index in [-0.39, 0.29) is 29.9 Å². The molecule has 0 atom stereocenters. The SMILES string of the molecule is O=C(Cl)CCc1cccc(Oc2ccc(OC(F)(F)F)cc2)c1C(=O)O. The number of carbonyl (C=O) groups excluding carboxylic acids is 1. The smallest absolute Gasteiger partial charge is 0.478 e. The lowest BCUT2D eigenvalue weighted by Crippen LogP contribution is -2.16. The summed E-state index contributed by atoms with van der Waals surface area (Å²) in [6.07, 6.45) is -4.75. The molecule has 0 aliphatic heterocycles. The number of hydrogen-bond donors (Lipinski definition) is 1. The molecule has 0 amide bonds. The zero-order valence-electron chi connectivity index (χ0n) is 13.0. The molecule has 2 rings (SSSR count). The van der Waals surface area contributed by atoms with Gasteiger partial charge in [-0.05, 0) is 53.9 Å². The fourth-order valence-electron chi connectivity index (χ4n) is 2.18. The topological polar surface area (TPSA) is 72.8 Å². The first kappa shape index (κ1) is 19.6. The third-order valence-electron chi connectivity index (χ3n) is 3.20. The summed E-state index contributed by atoms with van der Waals surface area (Å²) in [6.45, 7) is 0. The van der Waals surface area contributed by atoms with Gasteiger partial charge >= 0.3 is 12.3 Å². The number of hydrogen-bond acceptors (Lipinski definition) is 4. The Morgan fingerprint density at radius 2 is 1.65 bits per heavy atom. The van der Waals surface area contributed by atoms with E-state index < -0.39 is 23.3 Å². The van der Waals surface area contributed by atoms with E-state index in [2.05, 4.69) is 4.74 Å². The van der Waals surface area contributed by atoms with Gasteiger partial charge in [0.2, 0.25) is 5.24 Å². The van der Waals surface area contributed by atoms with Crippen LogP contribution in [0.2, 0.25) is 0 Å². The van der Waals surface area contributed by atoms with Crippen molar-refractivity contribution in [2.45, 2.75) is 19.2 Å². The lowest BCUT2D eigenvalue weighted by atomic mass is 10.0. The molecular formula is C17H12ClF3O5. The second kappa shape index (κ2) is 8.09. The standard InChI is InChI=1S/C17H12ClF3O5/c18-14(22)9-4-10-2-1-3-13(15(10)16(23)24)25-11-5-7-12(8-6-11)26-17(19,20)21/h1-3,5-8H,4,9H2,(H,23,24). The minimum atomic E-state index is -4.81. The molecular weight excluding hydrogens is 377 g/mol. The zero-order chi connectivity index (χ0) is 19.3. The minimum Gasteiger partial charge on any atom is -0.478 e. The Morgan fingerprint density at radius 3 is 2.19 bits per heavy atom. The molecule has 0 radical (unpaired) electrons. The Morgan fingerprint density at radius 1 is 1.04 bits per heavy atom. The summed E-state index contributed by atoms with van der Waals surface area (Å²) in [5, 5.41) is 8.81. The molecule has 0 heterocycles. The largest absolute Gasteiger partial charge is 0.573 e. The molecule has 0 unspecified atom stereocenters. The maximum Gasteiger partial charge on any atom is 0.573 e. The molecule has 2 aromatic rings. The fourth-order valence-corrected chi connectivity index (χ4v) is 2.28. The Labute approximate surface area is 150 Å². The number of carboxylic acids is 1. The van der Waals surface area contributed by atoms with E-state index in [4.69, 9.17) is 16.3 Å². The number of benzene rings is 2. The van der Waals surface area contributed by atoms with Crippen LogP contribution < -0.4 is 9.47 Å². The van der Waals surface area contributed by atoms with Gasteiger partial charge in [-0.15, -0.1) is 13.2 Å². The van der Waals surface area contributed by atoms with Crippen LogP contribution in [0.4, 0.5) is 13.2 Å². The van der Waals surface area contributed by atoms with Gasteiger partial charge in [0.1, 0.15) is 22.8 Å². The molecule has 5 nitrogen and oxygen atoms in total. The van der Waals surface area contributed by atoms with Crippen LogP contribution in [0.15, 0.2) is 42.5 Å². The Bertz CT molecular complexity index is 803. The summed E-state index contributed by atoms with van der Waals surface area (Å²) in [4.78, 5) is 22.4. The van der Waals surface area contributed by atoms with Crippen LogP contribution in [0, 0.1) is 0 Å². The number of rotatable bonds is 7. The van der Waals surface area contributed by atoms with Crippen molar-refractivity contribution in [3.05, 3.63) is 53.6 Å². The lowest BCUT2D eigenvalue weighted by Gasteiger charge is -2.13. The number of alkyl halides is 3. The van der Waals surface area contributed by atoms with Gasteiger partial charge in [0.25, 0.3) is 0 Å². The fraction of sp³-hybridized carbons (Fsp3) is 0.176. The monoisotopic (exact) mass is 388 g/mol. The van der Waals surface area contributed by atoms with Crippen LogP contribution in [-0.2, 0) is 11.2 Å². The Balaban J connectivity index is 2.24. The third-order valence-corrected chi connectivity index (χ3v) is 3.39. The van der Waals surface area contributed by atoms with Crippen molar-refractivity contribution in [3.63, 3.8) is 0 Å². The number of carboxylic acid groups (broad SMARTS) is 1. The van der Waals surface area contributed by atoms with Gasteiger partial charge in [-0.3, -0.25) is 4.79 Å². The van der Waals surface area contributed by atoms with Crippen molar-refractivity contribution in [2.24, 2.45) is 0 Å². The molecule has 0 aromatic heterocycles. The van der Waals surface area contributed by atoms with Crippen LogP contribution in [0.3, 0.4) is 0 Å². The second-order valence-electron chi connectivity index (χ2n) is 5.07. The van der Waals surface area contributed by atoms with E-state index >= 15 is 0 Å². The van der Waals surface area contributed by atoms with E-state index in [1.807, 2.05) is 0 Å². The first-order valence-electron chi connectivity index (χ1n) is 7.23. The van der Waals surface area contributed by atoms with Gasteiger partial charge in [-0.25, -0.2) is 4.79 Å². The minimum absolute atomic E-state index is 0.0125. The van der Waals surface area contributed by atoms with Crippen LogP contribution >= 0.6 is 11.6 Å². The van der Waals surface area contributed by atoms with Crippen LogP contribution in [0.25, 0.3) is 0 Å². The van der Waals surface area contributed by atoms with Crippen LogP contribution in [0.5, 0.6) is 17.2 Å². The highest BCUT2D eigenvalue weighted by molar-refractivity contribution is 6.63. The summed E-state index contributed by atoms with van der Waals surface area (Å²) in [5.74, 6) is -1.60. The molecule has 138 valence electrons. The normalized spacial score (nSPS) is 11.1. The number of carbonyl (C=O) groups is 2. The first-order valence-corrected chi connectivity index (χ1v) is 7.60. The Kier molecular flexibility index (Phi) is 6.10. The molecule has 1 N–H and O–H groups in total. The summed E-state index contributed by atoms with van der Waals surface area (Å²) < 4.78 is 45.7. The molecule has 0 aliphatic rings. The van der Waals surface area contributed by atoms with Crippen molar-refractivity contribution >= 4 is 22.8 Å². The highest BCUT2D eigenvalue weighted by Crippen LogP contribution is 2.31. The lowest BCUT2D eigenvalue weighted by molar-refractivity contribution is -0.274. The molecule has 0 fully saturated rings. The summed E-state index contributed by atoms with van der Waals surface area (Å²) in [6, 6.07) is 8.96. The van der Waals surface area contributed by atoms with Gasteiger partial charge in [-0.2, -0.15) is 0 Å². The molecule has 26 heavy (non-hydrogen) atoms. The summed E-state index contributed by atoms with van der Waals surface area (Å²) >= 11 is 5.28. The van der Waals surface area contributed by atoms with E-state index in [0.29, 0.717) is 5.56 Å². The number of aromatic carboxylic acids is 1. The average molecular weight is 389 g/mol. The molecule has 0 spiro atoms. The van der Waals surface area contributed by atoms with Gasteiger partial charge in [-0.1, -0.05) is 12.1 Å². The second-order valence-corrected chi connectivity index (χ2v) is 5.49. The van der Waals surface area contributed by atoms with Gasteiger partial charge in [0.05, 0.1) is 0 Å². The highest BCUT2D eigenvalue weighted by Gasteiger charge is 2.31. The average Bonchev–Trinajstić information content (AvgIpc) is 2.53. The van der Waals surface area contributed by atoms with Crippen molar-refractivity contribution in [1.29, 1.82) is 0 Å². The maximum absolute atomic E-state index is 12.2. The van der Waals surface area contributed by atoms with Gasteiger partial charge < -0.3 is 14.6 Å². The predicted molar refractivity (Wildman–Crippen MR) is 85.8 cm³/mol. The molecule has 0 saturated heterocycles. The number of ether oxygens (including phenoxy) is 2. The molecule has 0 bridgehead atoms. The van der Waals surface area contributed by atoms with Crippen molar-refractivity contribution in [3.8, 4) is 17.2 Å². The molecule has 0 saturated carbocycles. The quantitative estimate of drug-likeness (QED) is 0.691. The molecule has 0 aliphatic carbocycles. The van der Waals surface area contributed by atoms with Crippen LogP contribution in [0.1, 0.15) is 22.3 Å². The molecule has 9 heteroatoms. The van der Waals surface area contributed by atoms with E-state index in [1.165, 1.54) is 30.3 Å². The number of halogens is 4.